The van der Waals surface area contributed by atoms with Crippen LogP contribution in [0.25, 0.3) is 22.5 Å². The Balaban J connectivity index is 1.53. The zero-order valence-electron chi connectivity index (χ0n) is 15.0. The van der Waals surface area contributed by atoms with Gasteiger partial charge >= 0.3 is 0 Å². The van der Waals surface area contributed by atoms with Gasteiger partial charge in [0, 0.05) is 17.6 Å². The standard InChI is InChI=1S/C21H16FN5O/c1-11-25-17-7-6-13(9-18(17)26-11)27-21(23)16(10-24-27)20(28)15-8-12-4-2-3-5-14(12)19(15)22/h2-7,9-10H,8,23H2,1H3,(H,25,26). The molecular formula is C21H16FN5O. The molecule has 2 aromatic heterocycles. The largest absolute Gasteiger partial charge is 0.383 e. The number of hydrogen-bond donors (Lipinski definition) is 2. The predicted molar refractivity (Wildman–Crippen MR) is 105 cm³/mol. The Bertz CT molecular complexity index is 1300. The molecule has 1 aliphatic carbocycles. The summed E-state index contributed by atoms with van der Waals surface area (Å²) in [5.74, 6) is 0.0644. The monoisotopic (exact) mass is 373 g/mol. The first-order valence-corrected chi connectivity index (χ1v) is 8.85. The molecule has 6 nitrogen and oxygen atoms in total. The van der Waals surface area contributed by atoms with Crippen molar-refractivity contribution in [2.75, 3.05) is 5.73 Å². The van der Waals surface area contributed by atoms with E-state index in [1.54, 1.807) is 12.1 Å². The normalized spacial score (nSPS) is 13.4. The molecular weight excluding hydrogens is 357 g/mol. The number of aryl methyl sites for hydroxylation is 1. The topological polar surface area (TPSA) is 89.6 Å². The maximum Gasteiger partial charge on any atom is 0.197 e. The van der Waals surface area contributed by atoms with E-state index in [4.69, 9.17) is 5.73 Å². The van der Waals surface area contributed by atoms with Gasteiger partial charge in [-0.3, -0.25) is 4.79 Å². The Morgan fingerprint density at radius 1 is 1.25 bits per heavy atom. The van der Waals surface area contributed by atoms with E-state index in [2.05, 4.69) is 15.1 Å². The van der Waals surface area contributed by atoms with Gasteiger partial charge < -0.3 is 10.7 Å². The molecule has 28 heavy (non-hydrogen) atoms. The summed E-state index contributed by atoms with van der Waals surface area (Å²) in [6.45, 7) is 1.88. The van der Waals surface area contributed by atoms with E-state index in [9.17, 15) is 9.18 Å². The number of rotatable bonds is 3. The summed E-state index contributed by atoms with van der Waals surface area (Å²) in [4.78, 5) is 20.5. The highest BCUT2D eigenvalue weighted by Crippen LogP contribution is 2.36. The number of imidazole rings is 1. The van der Waals surface area contributed by atoms with E-state index in [1.165, 1.54) is 10.9 Å². The van der Waals surface area contributed by atoms with E-state index in [0.717, 1.165) is 22.4 Å². The van der Waals surface area contributed by atoms with Crippen LogP contribution in [-0.2, 0) is 6.42 Å². The summed E-state index contributed by atoms with van der Waals surface area (Å²) < 4.78 is 16.2. The first-order valence-electron chi connectivity index (χ1n) is 8.85. The van der Waals surface area contributed by atoms with Gasteiger partial charge in [-0.25, -0.2) is 14.1 Å². The Hall–Kier alpha value is -3.74. The Morgan fingerprint density at radius 2 is 2.07 bits per heavy atom. The van der Waals surface area contributed by atoms with E-state index in [1.807, 2.05) is 37.3 Å². The lowest BCUT2D eigenvalue weighted by molar-refractivity contribution is 0.103. The summed E-state index contributed by atoms with van der Waals surface area (Å²) in [6.07, 6.45) is 1.65. The lowest BCUT2D eigenvalue weighted by atomic mass is 10.0. The maximum atomic E-state index is 14.7. The number of nitrogen functional groups attached to an aromatic ring is 1. The number of nitrogens with one attached hydrogen (secondary N) is 1. The van der Waals surface area contributed by atoms with E-state index >= 15 is 0 Å². The van der Waals surface area contributed by atoms with E-state index in [-0.39, 0.29) is 23.4 Å². The van der Waals surface area contributed by atoms with Crippen LogP contribution in [-0.4, -0.2) is 25.5 Å². The number of nitrogens with two attached hydrogens (primary N) is 1. The Labute approximate surface area is 159 Å². The molecule has 7 heteroatoms. The number of allylic oxidation sites excluding steroid dienone is 1. The summed E-state index contributed by atoms with van der Waals surface area (Å²) in [6, 6.07) is 12.6. The van der Waals surface area contributed by atoms with Gasteiger partial charge in [-0.2, -0.15) is 5.10 Å². The molecule has 0 bridgehead atoms. The molecule has 0 atom stereocenters. The smallest absolute Gasteiger partial charge is 0.197 e. The number of anilines is 1. The number of Topliss-reactive ketones (excluding diaryl/α,β-unsaturated/α-hetero) is 1. The van der Waals surface area contributed by atoms with Gasteiger partial charge in [0.15, 0.2) is 5.78 Å². The fraction of sp³-hybridized carbons (Fsp3) is 0.0952. The fourth-order valence-electron chi connectivity index (χ4n) is 3.66. The average molecular weight is 373 g/mol. The summed E-state index contributed by atoms with van der Waals surface area (Å²) >= 11 is 0. The SMILES string of the molecule is Cc1nc2ccc(-n3ncc(C(=O)C4=C(F)c5ccccc5C4)c3N)cc2[nH]1. The second-order valence-corrected chi connectivity index (χ2v) is 6.83. The number of aromatic nitrogens is 4. The second-order valence-electron chi connectivity index (χ2n) is 6.83. The van der Waals surface area contributed by atoms with Crippen LogP contribution < -0.4 is 5.73 Å². The van der Waals surface area contributed by atoms with Gasteiger partial charge in [0.1, 0.15) is 17.5 Å². The summed E-state index contributed by atoms with van der Waals surface area (Å²) in [7, 11) is 0. The van der Waals surface area contributed by atoms with Crippen molar-refractivity contribution in [1.82, 2.24) is 19.7 Å². The van der Waals surface area contributed by atoms with Crippen molar-refractivity contribution in [1.29, 1.82) is 0 Å². The molecule has 0 aliphatic heterocycles. The highest BCUT2D eigenvalue weighted by molar-refractivity contribution is 6.16. The molecule has 1 aliphatic rings. The third-order valence-corrected chi connectivity index (χ3v) is 5.04. The van der Waals surface area contributed by atoms with Crippen molar-refractivity contribution < 1.29 is 9.18 Å². The molecule has 4 aromatic rings. The molecule has 0 saturated carbocycles. The van der Waals surface area contributed by atoms with Crippen LogP contribution in [0.4, 0.5) is 10.2 Å². The number of fused-ring (bicyclic) bond motifs is 2. The molecule has 5 rings (SSSR count). The molecule has 0 fully saturated rings. The van der Waals surface area contributed by atoms with E-state index in [0.29, 0.717) is 11.3 Å². The van der Waals surface area contributed by atoms with Gasteiger partial charge in [-0.05, 0) is 30.7 Å². The lowest BCUT2D eigenvalue weighted by Crippen LogP contribution is -2.09. The summed E-state index contributed by atoms with van der Waals surface area (Å²) in [5.41, 5.74) is 10.2. The molecule has 0 spiro atoms. The number of benzene rings is 2. The highest BCUT2D eigenvalue weighted by Gasteiger charge is 2.29. The number of hydrogen-bond acceptors (Lipinski definition) is 4. The van der Waals surface area contributed by atoms with Crippen molar-refractivity contribution >= 4 is 28.5 Å². The van der Waals surface area contributed by atoms with Crippen molar-refractivity contribution in [3.8, 4) is 5.69 Å². The van der Waals surface area contributed by atoms with Gasteiger partial charge in [-0.15, -0.1) is 0 Å². The van der Waals surface area contributed by atoms with Crippen LogP contribution in [0.5, 0.6) is 0 Å². The first kappa shape index (κ1) is 16.4. The van der Waals surface area contributed by atoms with Gasteiger partial charge in [0.25, 0.3) is 0 Å². The van der Waals surface area contributed by atoms with Gasteiger partial charge in [-0.1, -0.05) is 24.3 Å². The number of carbonyl (C=O) groups excluding carboxylic acids is 1. The molecule has 0 amide bonds. The minimum absolute atomic E-state index is 0.118. The first-order chi connectivity index (χ1) is 13.5. The third-order valence-electron chi connectivity index (χ3n) is 5.04. The maximum absolute atomic E-state index is 14.7. The fourth-order valence-corrected chi connectivity index (χ4v) is 3.66. The van der Waals surface area contributed by atoms with Gasteiger partial charge in [0.2, 0.25) is 0 Å². The number of H-pyrrole nitrogens is 1. The molecule has 138 valence electrons. The van der Waals surface area contributed by atoms with Crippen LogP contribution >= 0.6 is 0 Å². The molecule has 2 heterocycles. The number of nitrogens with zero attached hydrogens (tertiary/aromatic N) is 3. The van der Waals surface area contributed by atoms with E-state index < -0.39 is 11.6 Å². The predicted octanol–water partition coefficient (Wildman–Crippen LogP) is 3.76. The van der Waals surface area contributed by atoms with Crippen molar-refractivity contribution in [3.05, 3.63) is 76.7 Å². The van der Waals surface area contributed by atoms with Crippen LogP contribution in [0, 0.1) is 6.92 Å². The average Bonchev–Trinajstić information content (AvgIpc) is 3.35. The van der Waals surface area contributed by atoms with Crippen molar-refractivity contribution in [2.45, 2.75) is 13.3 Å². The van der Waals surface area contributed by atoms with Crippen LogP contribution in [0.1, 0.15) is 27.3 Å². The number of halogens is 1. The molecule has 0 unspecified atom stereocenters. The highest BCUT2D eigenvalue weighted by atomic mass is 19.1. The minimum Gasteiger partial charge on any atom is -0.383 e. The third kappa shape index (κ3) is 2.36. The lowest BCUT2D eigenvalue weighted by Gasteiger charge is -2.06. The Morgan fingerprint density at radius 3 is 2.89 bits per heavy atom. The number of carbonyl (C=O) groups is 1. The molecule has 2 aromatic carbocycles. The molecule has 0 radical (unpaired) electrons. The molecule has 0 saturated heterocycles. The zero-order valence-corrected chi connectivity index (χ0v) is 15.0. The van der Waals surface area contributed by atoms with Crippen LogP contribution in [0.2, 0.25) is 0 Å². The number of aromatic amines is 1. The second kappa shape index (κ2) is 5.88. The van der Waals surface area contributed by atoms with Crippen LogP contribution in [0.15, 0.2) is 54.2 Å². The van der Waals surface area contributed by atoms with Crippen LogP contribution in [0.3, 0.4) is 0 Å². The van der Waals surface area contributed by atoms with Gasteiger partial charge in [0.05, 0.1) is 28.5 Å². The van der Waals surface area contributed by atoms with Crippen molar-refractivity contribution in [2.24, 2.45) is 0 Å². The minimum atomic E-state index is -0.484. The molecule has 3 N–H and O–H groups in total. The Kier molecular flexibility index (Phi) is 3.45. The number of ketones is 1. The zero-order chi connectivity index (χ0) is 19.4. The quantitative estimate of drug-likeness (QED) is 0.535. The summed E-state index contributed by atoms with van der Waals surface area (Å²) in [5, 5.41) is 4.26. The van der Waals surface area contributed by atoms with Crippen molar-refractivity contribution in [3.63, 3.8) is 0 Å².